The molecule has 0 aliphatic carbocycles. The highest BCUT2D eigenvalue weighted by Gasteiger charge is 2.37. The molecule has 0 aromatic rings. The van der Waals surface area contributed by atoms with Crippen molar-refractivity contribution in [1.29, 1.82) is 0 Å². The first kappa shape index (κ1) is 33.1. The summed E-state index contributed by atoms with van der Waals surface area (Å²) in [6.07, 6.45) is 8.85. The number of amides is 3. The van der Waals surface area contributed by atoms with Gasteiger partial charge >= 0.3 is 23.9 Å². The minimum atomic E-state index is -0.948. The lowest BCUT2D eigenvalue weighted by Crippen LogP contribution is -2.48. The molecule has 36 heavy (non-hydrogen) atoms. The van der Waals surface area contributed by atoms with E-state index in [1.807, 2.05) is 0 Å². The highest BCUT2D eigenvalue weighted by Crippen LogP contribution is 2.20. The SMILES string of the molecule is CCCCCC.NC(=O)N1CC1.O=C(O)CCCC(=O)O.O=C(O)[C@@H]1CCCN1C(=O)[C@@H]1CCCN1. The number of rotatable bonds is 9. The fourth-order valence-corrected chi connectivity index (χ4v) is 3.54. The lowest BCUT2D eigenvalue weighted by atomic mass is 10.1. The number of carbonyl (C=O) groups excluding carboxylic acids is 2. The van der Waals surface area contributed by atoms with Crippen LogP contribution in [-0.4, -0.2) is 93.2 Å². The average Bonchev–Trinajstić information content (AvgIpc) is 3.32. The number of likely N-dealkylation sites (tertiary alicyclic amines) is 1. The quantitative estimate of drug-likeness (QED) is 0.225. The summed E-state index contributed by atoms with van der Waals surface area (Å²) in [7, 11) is 0. The second-order valence-corrected chi connectivity index (χ2v) is 8.85. The van der Waals surface area contributed by atoms with Crippen molar-refractivity contribution in [2.24, 2.45) is 5.73 Å². The summed E-state index contributed by atoms with van der Waals surface area (Å²) in [6, 6.07) is -1.04. The van der Waals surface area contributed by atoms with Crippen molar-refractivity contribution in [1.82, 2.24) is 15.1 Å². The first-order valence-corrected chi connectivity index (χ1v) is 12.8. The number of unbranched alkanes of at least 4 members (excludes halogenated alkanes) is 3. The smallest absolute Gasteiger partial charge is 0.326 e. The van der Waals surface area contributed by atoms with E-state index in [-0.39, 0.29) is 37.2 Å². The van der Waals surface area contributed by atoms with Gasteiger partial charge in [-0.25, -0.2) is 9.59 Å². The fraction of sp³-hybridized carbons (Fsp3) is 0.792. The van der Waals surface area contributed by atoms with Crippen molar-refractivity contribution in [3.05, 3.63) is 0 Å². The summed E-state index contributed by atoms with van der Waals surface area (Å²) in [5, 5.41) is 28.1. The Balaban J connectivity index is 0.000000499. The minimum Gasteiger partial charge on any atom is -0.481 e. The van der Waals surface area contributed by atoms with E-state index in [0.29, 0.717) is 13.0 Å². The number of hydrogen-bond donors (Lipinski definition) is 5. The normalized spacial score (nSPS) is 19.5. The molecule has 0 aromatic heterocycles. The molecule has 0 saturated carbocycles. The van der Waals surface area contributed by atoms with Gasteiger partial charge in [0.2, 0.25) is 5.91 Å². The Morgan fingerprint density at radius 3 is 1.72 bits per heavy atom. The minimum absolute atomic E-state index is 0.0302. The van der Waals surface area contributed by atoms with Gasteiger partial charge in [0.05, 0.1) is 6.04 Å². The molecule has 3 saturated heterocycles. The number of urea groups is 1. The van der Waals surface area contributed by atoms with Crippen LogP contribution in [0.1, 0.15) is 84.5 Å². The molecule has 3 heterocycles. The summed E-state index contributed by atoms with van der Waals surface area (Å²) in [6.45, 7) is 7.63. The van der Waals surface area contributed by atoms with Gasteiger partial charge in [-0.1, -0.05) is 39.5 Å². The predicted molar refractivity (Wildman–Crippen MR) is 133 cm³/mol. The maximum absolute atomic E-state index is 12.0. The zero-order valence-corrected chi connectivity index (χ0v) is 21.6. The second kappa shape index (κ2) is 19.3. The largest absolute Gasteiger partial charge is 0.481 e. The van der Waals surface area contributed by atoms with E-state index in [1.54, 1.807) is 4.90 Å². The summed E-state index contributed by atoms with van der Waals surface area (Å²) >= 11 is 0. The summed E-state index contributed by atoms with van der Waals surface area (Å²) in [5.41, 5.74) is 4.78. The van der Waals surface area contributed by atoms with E-state index in [9.17, 15) is 24.0 Å². The van der Waals surface area contributed by atoms with Crippen molar-refractivity contribution >= 4 is 29.8 Å². The molecule has 3 aliphatic rings. The molecule has 6 N–H and O–H groups in total. The molecule has 0 spiro atoms. The van der Waals surface area contributed by atoms with E-state index in [0.717, 1.165) is 38.9 Å². The van der Waals surface area contributed by atoms with Crippen LogP contribution in [-0.2, 0) is 19.2 Å². The Hall–Kier alpha value is -2.89. The molecule has 12 heteroatoms. The standard InChI is InChI=1S/C10H16N2O3.C6H14.C5H8O4.C3H6N2O/c13-9(7-3-1-5-11-7)12-6-2-4-8(12)10(14)15;1-3-5-6-4-2;6-4(7)2-1-3-5(8)9;4-3(6)5-1-2-5/h7-8,11H,1-6H2,(H,14,15);3-6H2,1-2H3;1-3H2,(H,6,7)(H,8,9);1-2H2,(H2,4,6)/t7-,8-;;;/m0.../s1. The lowest BCUT2D eigenvalue weighted by Gasteiger charge is -2.24. The van der Waals surface area contributed by atoms with Crippen molar-refractivity contribution in [3.8, 4) is 0 Å². The van der Waals surface area contributed by atoms with Gasteiger partial charge in [-0.3, -0.25) is 14.4 Å². The molecule has 208 valence electrons. The Labute approximate surface area is 213 Å². The van der Waals surface area contributed by atoms with Gasteiger partial charge in [-0.05, 0) is 38.6 Å². The summed E-state index contributed by atoms with van der Waals surface area (Å²) in [4.78, 5) is 55.4. The molecule has 3 amide bonds. The van der Waals surface area contributed by atoms with Crippen LogP contribution in [0.25, 0.3) is 0 Å². The molecule has 3 fully saturated rings. The number of primary amides is 1. The van der Waals surface area contributed by atoms with Crippen molar-refractivity contribution in [2.45, 2.75) is 96.6 Å². The molecule has 0 unspecified atom stereocenters. The second-order valence-electron chi connectivity index (χ2n) is 8.85. The van der Waals surface area contributed by atoms with Gasteiger partial charge in [-0.2, -0.15) is 0 Å². The van der Waals surface area contributed by atoms with Crippen LogP contribution in [0.5, 0.6) is 0 Å². The van der Waals surface area contributed by atoms with E-state index in [4.69, 9.17) is 21.1 Å². The maximum atomic E-state index is 12.0. The van der Waals surface area contributed by atoms with E-state index in [2.05, 4.69) is 19.2 Å². The van der Waals surface area contributed by atoms with Crippen LogP contribution in [0.3, 0.4) is 0 Å². The third kappa shape index (κ3) is 15.9. The monoisotopic (exact) mass is 516 g/mol. The van der Waals surface area contributed by atoms with Gasteiger partial charge in [0, 0.05) is 32.5 Å². The molecule has 0 bridgehead atoms. The molecular formula is C24H44N4O8. The topological polar surface area (TPSA) is 190 Å². The number of aliphatic carboxylic acids is 3. The van der Waals surface area contributed by atoms with Gasteiger partial charge in [0.15, 0.2) is 0 Å². The van der Waals surface area contributed by atoms with Gasteiger partial charge < -0.3 is 36.2 Å². The average molecular weight is 517 g/mol. The van der Waals surface area contributed by atoms with Gasteiger partial charge in [0.25, 0.3) is 0 Å². The predicted octanol–water partition coefficient (Wildman–Crippen LogP) is 2.11. The maximum Gasteiger partial charge on any atom is 0.326 e. The molecular weight excluding hydrogens is 472 g/mol. The number of nitrogens with zero attached hydrogens (tertiary/aromatic N) is 2. The number of nitrogens with two attached hydrogens (primary N) is 1. The van der Waals surface area contributed by atoms with Gasteiger partial charge in [-0.15, -0.1) is 0 Å². The fourth-order valence-electron chi connectivity index (χ4n) is 3.54. The number of carboxylic acid groups (broad SMARTS) is 3. The Kier molecular flexibility index (Phi) is 17.8. The number of nitrogens with one attached hydrogen (secondary N) is 1. The van der Waals surface area contributed by atoms with Crippen molar-refractivity contribution in [3.63, 3.8) is 0 Å². The van der Waals surface area contributed by atoms with Crippen LogP contribution in [0.4, 0.5) is 4.79 Å². The number of carboxylic acids is 3. The third-order valence-electron chi connectivity index (χ3n) is 5.68. The molecule has 0 aromatic carbocycles. The molecule has 3 aliphatic heterocycles. The van der Waals surface area contributed by atoms with Crippen LogP contribution in [0.15, 0.2) is 0 Å². The van der Waals surface area contributed by atoms with Crippen LogP contribution >= 0.6 is 0 Å². The number of hydrogen-bond acceptors (Lipinski definition) is 6. The van der Waals surface area contributed by atoms with Crippen LogP contribution in [0.2, 0.25) is 0 Å². The molecule has 3 rings (SSSR count). The number of carbonyl (C=O) groups is 5. The first-order chi connectivity index (χ1) is 17.0. The molecule has 0 radical (unpaired) electrons. The van der Waals surface area contributed by atoms with E-state index >= 15 is 0 Å². The Morgan fingerprint density at radius 2 is 1.39 bits per heavy atom. The summed E-state index contributed by atoms with van der Waals surface area (Å²) in [5.74, 6) is -2.80. The summed E-state index contributed by atoms with van der Waals surface area (Å²) < 4.78 is 0. The van der Waals surface area contributed by atoms with E-state index < -0.39 is 23.9 Å². The zero-order valence-electron chi connectivity index (χ0n) is 21.6. The Morgan fingerprint density at radius 1 is 0.833 bits per heavy atom. The van der Waals surface area contributed by atoms with Crippen molar-refractivity contribution in [2.75, 3.05) is 26.2 Å². The third-order valence-corrected chi connectivity index (χ3v) is 5.68. The highest BCUT2D eigenvalue weighted by atomic mass is 16.4. The Bertz CT molecular complexity index is 676. The van der Waals surface area contributed by atoms with Gasteiger partial charge in [0.1, 0.15) is 6.04 Å². The zero-order chi connectivity index (χ0) is 27.5. The molecule has 2 atom stereocenters. The van der Waals surface area contributed by atoms with Crippen LogP contribution < -0.4 is 11.1 Å². The highest BCUT2D eigenvalue weighted by molar-refractivity contribution is 5.87. The van der Waals surface area contributed by atoms with E-state index in [1.165, 1.54) is 30.6 Å². The first-order valence-electron chi connectivity index (χ1n) is 12.8. The molecule has 12 nitrogen and oxygen atoms in total. The lowest BCUT2D eigenvalue weighted by molar-refractivity contribution is -0.148. The van der Waals surface area contributed by atoms with Crippen molar-refractivity contribution < 1.29 is 39.3 Å². The van der Waals surface area contributed by atoms with Crippen LogP contribution in [0, 0.1) is 0 Å².